The molecule has 0 saturated carbocycles. The van der Waals surface area contributed by atoms with Crippen LogP contribution in [-0.4, -0.2) is 29.2 Å². The van der Waals surface area contributed by atoms with Crippen LogP contribution in [0, 0.1) is 0 Å². The summed E-state index contributed by atoms with van der Waals surface area (Å²) in [5, 5.41) is 3.19. The summed E-state index contributed by atoms with van der Waals surface area (Å²) in [4.78, 5) is 8.06. The van der Waals surface area contributed by atoms with Gasteiger partial charge < -0.3 is 10.1 Å². The molecular formula is C9H15N3O. The van der Waals surface area contributed by atoms with Gasteiger partial charge in [-0.05, 0) is 13.8 Å². The first-order chi connectivity index (χ1) is 6.24. The topological polar surface area (TPSA) is 47.0 Å². The molecule has 0 fully saturated rings. The van der Waals surface area contributed by atoms with Crippen LogP contribution in [0.1, 0.15) is 13.8 Å². The second-order valence-electron chi connectivity index (χ2n) is 2.96. The van der Waals surface area contributed by atoms with Crippen molar-refractivity contribution in [2.75, 3.05) is 12.4 Å². The normalized spacial score (nSPS) is 15.0. The monoisotopic (exact) mass is 181 g/mol. The van der Waals surface area contributed by atoms with Crippen LogP contribution in [0.25, 0.3) is 0 Å². The van der Waals surface area contributed by atoms with Gasteiger partial charge in [0.1, 0.15) is 5.82 Å². The molecule has 1 rings (SSSR count). The number of ether oxygens (including phenoxy) is 1. The average Bonchev–Trinajstić information content (AvgIpc) is 2.18. The maximum absolute atomic E-state index is 5.17. The van der Waals surface area contributed by atoms with Crippen LogP contribution < -0.4 is 5.32 Å². The number of rotatable bonds is 4. The van der Waals surface area contributed by atoms with Crippen molar-refractivity contribution in [3.05, 3.63) is 18.6 Å². The third-order valence-electron chi connectivity index (χ3n) is 2.01. The summed E-state index contributed by atoms with van der Waals surface area (Å²) in [5.74, 6) is 0.777. The minimum absolute atomic E-state index is 0.155. The SMILES string of the molecule is COC(C)[C@H](C)Nc1cnccn1. The van der Waals surface area contributed by atoms with Gasteiger partial charge in [-0.15, -0.1) is 0 Å². The van der Waals surface area contributed by atoms with Crippen LogP contribution in [0.4, 0.5) is 5.82 Å². The van der Waals surface area contributed by atoms with Crippen LogP contribution in [0.2, 0.25) is 0 Å². The van der Waals surface area contributed by atoms with Gasteiger partial charge >= 0.3 is 0 Å². The van der Waals surface area contributed by atoms with E-state index < -0.39 is 0 Å². The zero-order valence-corrected chi connectivity index (χ0v) is 8.19. The van der Waals surface area contributed by atoms with Crippen LogP contribution >= 0.6 is 0 Å². The third kappa shape index (κ3) is 2.99. The maximum atomic E-state index is 5.17. The van der Waals surface area contributed by atoms with E-state index in [1.807, 2.05) is 13.8 Å². The highest BCUT2D eigenvalue weighted by Crippen LogP contribution is 2.05. The van der Waals surface area contributed by atoms with E-state index in [-0.39, 0.29) is 12.1 Å². The molecule has 0 aliphatic rings. The van der Waals surface area contributed by atoms with E-state index in [1.54, 1.807) is 25.7 Å². The van der Waals surface area contributed by atoms with Crippen LogP contribution in [0.3, 0.4) is 0 Å². The van der Waals surface area contributed by atoms with Crippen molar-refractivity contribution in [2.45, 2.75) is 26.0 Å². The van der Waals surface area contributed by atoms with E-state index in [4.69, 9.17) is 4.74 Å². The summed E-state index contributed by atoms with van der Waals surface area (Å²) in [5.41, 5.74) is 0. The van der Waals surface area contributed by atoms with E-state index in [2.05, 4.69) is 15.3 Å². The van der Waals surface area contributed by atoms with E-state index >= 15 is 0 Å². The van der Waals surface area contributed by atoms with Crippen LogP contribution in [0.5, 0.6) is 0 Å². The number of aromatic nitrogens is 2. The Morgan fingerprint density at radius 1 is 1.38 bits per heavy atom. The summed E-state index contributed by atoms with van der Waals surface area (Å²) in [7, 11) is 1.69. The van der Waals surface area contributed by atoms with Gasteiger partial charge in [-0.3, -0.25) is 4.98 Å². The number of nitrogens with one attached hydrogen (secondary N) is 1. The van der Waals surface area contributed by atoms with Gasteiger partial charge in [0.15, 0.2) is 0 Å². The average molecular weight is 181 g/mol. The van der Waals surface area contributed by atoms with Crippen molar-refractivity contribution in [3.63, 3.8) is 0 Å². The van der Waals surface area contributed by atoms with Crippen LogP contribution in [-0.2, 0) is 4.74 Å². The van der Waals surface area contributed by atoms with Gasteiger partial charge in [-0.2, -0.15) is 0 Å². The van der Waals surface area contributed by atoms with Crippen molar-refractivity contribution >= 4 is 5.82 Å². The highest BCUT2D eigenvalue weighted by molar-refractivity contribution is 5.31. The van der Waals surface area contributed by atoms with E-state index in [9.17, 15) is 0 Å². The fraction of sp³-hybridized carbons (Fsp3) is 0.556. The first-order valence-corrected chi connectivity index (χ1v) is 4.29. The Morgan fingerprint density at radius 2 is 2.15 bits per heavy atom. The lowest BCUT2D eigenvalue weighted by molar-refractivity contribution is 0.106. The fourth-order valence-electron chi connectivity index (χ4n) is 0.928. The van der Waals surface area contributed by atoms with Crippen LogP contribution in [0.15, 0.2) is 18.6 Å². The van der Waals surface area contributed by atoms with E-state index in [0.717, 1.165) is 5.82 Å². The molecule has 0 amide bonds. The highest BCUT2D eigenvalue weighted by Gasteiger charge is 2.10. The smallest absolute Gasteiger partial charge is 0.144 e. The number of hydrogen-bond donors (Lipinski definition) is 1. The summed E-state index contributed by atoms with van der Waals surface area (Å²) < 4.78 is 5.17. The van der Waals surface area contributed by atoms with Crippen molar-refractivity contribution < 1.29 is 4.74 Å². The molecule has 1 unspecified atom stereocenters. The molecule has 4 nitrogen and oxygen atoms in total. The third-order valence-corrected chi connectivity index (χ3v) is 2.01. The molecule has 13 heavy (non-hydrogen) atoms. The summed E-state index contributed by atoms with van der Waals surface area (Å²) in [6.07, 6.45) is 5.16. The predicted molar refractivity (Wildman–Crippen MR) is 51.6 cm³/mol. The van der Waals surface area contributed by atoms with Crippen molar-refractivity contribution in [1.82, 2.24) is 9.97 Å². The molecule has 72 valence electrons. The van der Waals surface area contributed by atoms with Gasteiger partial charge in [-0.25, -0.2) is 4.98 Å². The zero-order chi connectivity index (χ0) is 9.68. The molecule has 2 atom stereocenters. The molecule has 0 radical (unpaired) electrons. The predicted octanol–water partition coefficient (Wildman–Crippen LogP) is 1.31. The van der Waals surface area contributed by atoms with Gasteiger partial charge in [0.2, 0.25) is 0 Å². The first kappa shape index (κ1) is 9.92. The maximum Gasteiger partial charge on any atom is 0.144 e. The molecule has 1 heterocycles. The van der Waals surface area contributed by atoms with Crippen molar-refractivity contribution in [1.29, 1.82) is 0 Å². The molecule has 0 aliphatic carbocycles. The first-order valence-electron chi connectivity index (χ1n) is 4.29. The van der Waals surface area contributed by atoms with Gasteiger partial charge in [0, 0.05) is 19.5 Å². The Bertz CT molecular complexity index is 240. The number of methoxy groups -OCH3 is 1. The fourth-order valence-corrected chi connectivity index (χ4v) is 0.928. The molecule has 1 aromatic rings. The zero-order valence-electron chi connectivity index (χ0n) is 8.19. The Morgan fingerprint density at radius 3 is 2.69 bits per heavy atom. The lowest BCUT2D eigenvalue weighted by Crippen LogP contribution is -2.30. The molecule has 0 aliphatic heterocycles. The lowest BCUT2D eigenvalue weighted by Gasteiger charge is -2.19. The van der Waals surface area contributed by atoms with Gasteiger partial charge in [-0.1, -0.05) is 0 Å². The second kappa shape index (κ2) is 4.77. The Labute approximate surface area is 78.4 Å². The largest absolute Gasteiger partial charge is 0.380 e. The van der Waals surface area contributed by atoms with Gasteiger partial charge in [0.25, 0.3) is 0 Å². The van der Waals surface area contributed by atoms with E-state index in [1.165, 1.54) is 0 Å². The second-order valence-corrected chi connectivity index (χ2v) is 2.96. The lowest BCUT2D eigenvalue weighted by atomic mass is 10.2. The Balaban J connectivity index is 2.50. The molecule has 1 aromatic heterocycles. The number of nitrogens with zero attached hydrogens (tertiary/aromatic N) is 2. The minimum Gasteiger partial charge on any atom is -0.380 e. The van der Waals surface area contributed by atoms with E-state index in [0.29, 0.717) is 0 Å². The molecule has 0 aromatic carbocycles. The Kier molecular flexibility index (Phi) is 3.64. The highest BCUT2D eigenvalue weighted by atomic mass is 16.5. The standard InChI is InChI=1S/C9H15N3O/c1-7(8(2)13-3)12-9-6-10-4-5-11-9/h4-8H,1-3H3,(H,11,12)/t7-,8?/m0/s1. The quantitative estimate of drug-likeness (QED) is 0.760. The Hall–Kier alpha value is -1.16. The molecule has 1 N–H and O–H groups in total. The molecule has 0 saturated heterocycles. The van der Waals surface area contributed by atoms with Gasteiger partial charge in [0.05, 0.1) is 18.3 Å². The summed E-state index contributed by atoms with van der Waals surface area (Å²) in [6, 6.07) is 0.224. The molecule has 4 heteroatoms. The summed E-state index contributed by atoms with van der Waals surface area (Å²) >= 11 is 0. The number of hydrogen-bond acceptors (Lipinski definition) is 4. The molecule has 0 spiro atoms. The van der Waals surface area contributed by atoms with Crippen molar-refractivity contribution in [3.8, 4) is 0 Å². The van der Waals surface area contributed by atoms with Crippen molar-refractivity contribution in [2.24, 2.45) is 0 Å². The molecular weight excluding hydrogens is 166 g/mol. The summed E-state index contributed by atoms with van der Waals surface area (Å²) in [6.45, 7) is 4.05. The number of anilines is 1. The minimum atomic E-state index is 0.155. The molecule has 0 bridgehead atoms.